The summed E-state index contributed by atoms with van der Waals surface area (Å²) in [7, 11) is 1.31. The van der Waals surface area contributed by atoms with Crippen molar-refractivity contribution in [3.63, 3.8) is 0 Å². The Bertz CT molecular complexity index is 1130. The van der Waals surface area contributed by atoms with E-state index < -0.39 is 5.97 Å². The van der Waals surface area contributed by atoms with Crippen LogP contribution in [-0.2, 0) is 9.47 Å². The van der Waals surface area contributed by atoms with Crippen molar-refractivity contribution in [2.75, 3.05) is 33.4 Å². The van der Waals surface area contributed by atoms with Gasteiger partial charge in [-0.15, -0.1) is 0 Å². The van der Waals surface area contributed by atoms with Crippen molar-refractivity contribution in [2.24, 2.45) is 0 Å². The number of carbonyl (C=O) groups excluding carboxylic acids is 2. The first kappa shape index (κ1) is 20.8. The number of aryl methyl sites for hydroxylation is 2. The van der Waals surface area contributed by atoms with Gasteiger partial charge in [0.25, 0.3) is 5.91 Å². The van der Waals surface area contributed by atoms with Crippen LogP contribution in [-0.4, -0.2) is 70.7 Å². The van der Waals surface area contributed by atoms with E-state index in [4.69, 9.17) is 14.2 Å². The molecule has 162 valence electrons. The topological polar surface area (TPSA) is 95.3 Å². The molecule has 0 aliphatic carbocycles. The predicted molar refractivity (Wildman–Crippen MR) is 111 cm³/mol. The van der Waals surface area contributed by atoms with Crippen molar-refractivity contribution in [3.8, 4) is 5.75 Å². The Morgan fingerprint density at radius 3 is 2.94 bits per heavy atom. The van der Waals surface area contributed by atoms with Crippen LogP contribution in [0.25, 0.3) is 5.65 Å². The maximum absolute atomic E-state index is 13.3. The highest BCUT2D eigenvalue weighted by atomic mass is 16.5. The monoisotopic (exact) mass is 424 g/mol. The van der Waals surface area contributed by atoms with E-state index in [-0.39, 0.29) is 18.6 Å². The molecule has 0 spiro atoms. The van der Waals surface area contributed by atoms with E-state index in [1.54, 1.807) is 11.0 Å². The zero-order valence-corrected chi connectivity index (χ0v) is 17.7. The van der Waals surface area contributed by atoms with Crippen LogP contribution in [0, 0.1) is 13.8 Å². The molecule has 1 amide bonds. The molecule has 31 heavy (non-hydrogen) atoms. The third kappa shape index (κ3) is 4.22. The molecule has 0 bridgehead atoms. The maximum atomic E-state index is 13.3. The van der Waals surface area contributed by atoms with Crippen molar-refractivity contribution in [3.05, 3.63) is 59.3 Å². The fourth-order valence-electron chi connectivity index (χ4n) is 3.65. The molecule has 1 atom stereocenters. The zero-order valence-electron chi connectivity index (χ0n) is 17.7. The second-order valence-corrected chi connectivity index (χ2v) is 7.39. The van der Waals surface area contributed by atoms with Crippen LogP contribution in [0.4, 0.5) is 0 Å². The average Bonchev–Trinajstić information content (AvgIpc) is 3.14. The number of ether oxygens (including phenoxy) is 3. The van der Waals surface area contributed by atoms with Crippen molar-refractivity contribution in [1.82, 2.24) is 19.3 Å². The van der Waals surface area contributed by atoms with Gasteiger partial charge in [0.15, 0.2) is 0 Å². The summed E-state index contributed by atoms with van der Waals surface area (Å²) in [5.74, 6) is -0.136. The predicted octanol–water partition coefficient (Wildman–Crippen LogP) is 2.05. The number of nitrogens with zero attached hydrogens (tertiary/aromatic N) is 4. The van der Waals surface area contributed by atoms with Crippen LogP contribution < -0.4 is 4.74 Å². The first-order valence-electron chi connectivity index (χ1n) is 9.99. The summed E-state index contributed by atoms with van der Waals surface area (Å²) >= 11 is 0. The average molecular weight is 424 g/mol. The third-order valence-corrected chi connectivity index (χ3v) is 5.22. The number of hydrogen-bond donors (Lipinski definition) is 0. The van der Waals surface area contributed by atoms with Gasteiger partial charge in [0.05, 0.1) is 37.7 Å². The maximum Gasteiger partial charge on any atom is 0.339 e. The van der Waals surface area contributed by atoms with Gasteiger partial charge in [0.2, 0.25) is 0 Å². The van der Waals surface area contributed by atoms with Crippen LogP contribution in [0.1, 0.15) is 32.1 Å². The minimum atomic E-state index is -0.484. The Morgan fingerprint density at radius 2 is 2.13 bits per heavy atom. The minimum Gasteiger partial charge on any atom is -0.489 e. The number of esters is 1. The van der Waals surface area contributed by atoms with Crippen LogP contribution in [0.3, 0.4) is 0 Å². The van der Waals surface area contributed by atoms with Gasteiger partial charge in [0, 0.05) is 18.9 Å². The van der Waals surface area contributed by atoms with Crippen molar-refractivity contribution in [2.45, 2.75) is 20.0 Å². The Morgan fingerprint density at radius 1 is 1.29 bits per heavy atom. The summed E-state index contributed by atoms with van der Waals surface area (Å²) in [5, 5.41) is 0. The molecule has 4 rings (SSSR count). The molecular weight excluding hydrogens is 400 g/mol. The molecule has 1 aliphatic rings. The summed E-state index contributed by atoms with van der Waals surface area (Å²) in [6.45, 7) is 5.34. The van der Waals surface area contributed by atoms with E-state index in [1.807, 2.05) is 36.6 Å². The molecule has 1 aliphatic heterocycles. The largest absolute Gasteiger partial charge is 0.489 e. The summed E-state index contributed by atoms with van der Waals surface area (Å²) in [4.78, 5) is 35.3. The first-order valence-corrected chi connectivity index (χ1v) is 9.99. The van der Waals surface area contributed by atoms with E-state index in [9.17, 15) is 9.59 Å². The Kier molecular flexibility index (Phi) is 5.85. The molecular formula is C22H24N4O5. The number of aromatic nitrogens is 3. The summed E-state index contributed by atoms with van der Waals surface area (Å²) in [6, 6.07) is 5.45. The lowest BCUT2D eigenvalue weighted by molar-refractivity contribution is -0.0403. The lowest BCUT2D eigenvalue weighted by Gasteiger charge is -2.32. The van der Waals surface area contributed by atoms with E-state index in [0.717, 1.165) is 11.2 Å². The molecule has 3 aromatic heterocycles. The number of carbonyl (C=O) groups is 2. The Hall–Kier alpha value is -3.46. The number of rotatable bonds is 5. The Balaban J connectivity index is 1.45. The van der Waals surface area contributed by atoms with E-state index >= 15 is 0 Å². The molecule has 9 heteroatoms. The number of hydrogen-bond acceptors (Lipinski definition) is 7. The Labute approximate surface area is 179 Å². The highest BCUT2D eigenvalue weighted by Crippen LogP contribution is 2.19. The lowest BCUT2D eigenvalue weighted by Crippen LogP contribution is -2.48. The molecule has 4 heterocycles. The molecule has 9 nitrogen and oxygen atoms in total. The van der Waals surface area contributed by atoms with Gasteiger partial charge in [-0.25, -0.2) is 9.78 Å². The third-order valence-electron chi connectivity index (χ3n) is 5.22. The van der Waals surface area contributed by atoms with Gasteiger partial charge >= 0.3 is 5.97 Å². The number of morpholine rings is 1. The quantitative estimate of drug-likeness (QED) is 0.579. The molecule has 0 radical (unpaired) electrons. The van der Waals surface area contributed by atoms with Gasteiger partial charge in [-0.2, -0.15) is 0 Å². The van der Waals surface area contributed by atoms with Crippen molar-refractivity contribution < 1.29 is 23.8 Å². The molecule has 1 fully saturated rings. The SMILES string of the molecule is COC(=O)c1cncc(OCC2CN(C(=O)c3c(C)nc4c(C)cccn34)CCO2)c1. The smallest absolute Gasteiger partial charge is 0.339 e. The number of imidazole rings is 1. The van der Waals surface area contributed by atoms with E-state index in [2.05, 4.69) is 9.97 Å². The highest BCUT2D eigenvalue weighted by molar-refractivity contribution is 5.95. The van der Waals surface area contributed by atoms with Crippen molar-refractivity contribution in [1.29, 1.82) is 0 Å². The van der Waals surface area contributed by atoms with E-state index in [1.165, 1.54) is 19.5 Å². The summed E-state index contributed by atoms with van der Waals surface area (Å²) in [6.07, 6.45) is 4.48. The number of methoxy groups -OCH3 is 1. The lowest BCUT2D eigenvalue weighted by atomic mass is 10.2. The number of fused-ring (bicyclic) bond motifs is 1. The van der Waals surface area contributed by atoms with Gasteiger partial charge in [-0.3, -0.25) is 14.2 Å². The van der Waals surface area contributed by atoms with Crippen LogP contribution >= 0.6 is 0 Å². The van der Waals surface area contributed by atoms with Gasteiger partial charge < -0.3 is 19.1 Å². The van der Waals surface area contributed by atoms with Gasteiger partial charge in [-0.05, 0) is 31.5 Å². The molecule has 3 aromatic rings. The standard InChI is InChI=1S/C22H24N4O5/c1-14-5-4-6-26-19(15(2)24-20(14)26)21(27)25-7-8-30-18(12-25)13-31-17-9-16(10-23-11-17)22(28)29-3/h4-6,9-11,18H,7-8,12-13H2,1-3H3. The number of pyridine rings is 2. The van der Waals surface area contributed by atoms with E-state index in [0.29, 0.717) is 42.4 Å². The van der Waals surface area contributed by atoms with Gasteiger partial charge in [-0.1, -0.05) is 6.07 Å². The second kappa shape index (κ2) is 8.73. The normalized spacial score (nSPS) is 16.4. The fourth-order valence-corrected chi connectivity index (χ4v) is 3.65. The summed E-state index contributed by atoms with van der Waals surface area (Å²) < 4.78 is 18.1. The molecule has 1 saturated heterocycles. The molecule has 0 N–H and O–H groups in total. The molecule has 0 saturated carbocycles. The van der Waals surface area contributed by atoms with Crippen LogP contribution in [0.2, 0.25) is 0 Å². The summed E-state index contributed by atoms with van der Waals surface area (Å²) in [5.41, 5.74) is 3.37. The first-order chi connectivity index (χ1) is 15.0. The van der Waals surface area contributed by atoms with Crippen molar-refractivity contribution >= 4 is 17.5 Å². The van der Waals surface area contributed by atoms with Crippen LogP contribution in [0.15, 0.2) is 36.8 Å². The second-order valence-electron chi connectivity index (χ2n) is 7.39. The minimum absolute atomic E-state index is 0.0849. The van der Waals surface area contributed by atoms with Gasteiger partial charge in [0.1, 0.15) is 29.8 Å². The van der Waals surface area contributed by atoms with Crippen LogP contribution in [0.5, 0.6) is 5.75 Å². The molecule has 1 unspecified atom stereocenters. The highest BCUT2D eigenvalue weighted by Gasteiger charge is 2.29. The zero-order chi connectivity index (χ0) is 22.0. The molecule has 0 aromatic carbocycles. The fraction of sp³-hybridized carbons (Fsp3) is 0.364. The number of amides is 1.